The third kappa shape index (κ3) is 3.36. The molecule has 0 bridgehead atoms. The van der Waals surface area contributed by atoms with Crippen LogP contribution in [0.4, 0.5) is 0 Å². The average Bonchev–Trinajstić information content (AvgIpc) is 2.26. The minimum absolute atomic E-state index is 0.179. The number of hydrazine groups is 1. The molecule has 1 aromatic rings. The summed E-state index contributed by atoms with van der Waals surface area (Å²) in [7, 11) is 1.52. The molecule has 88 valence electrons. The molecule has 0 spiro atoms. The first-order valence-electron chi connectivity index (χ1n) is 4.93. The predicted octanol–water partition coefficient (Wildman–Crippen LogP) is 0.467. The van der Waals surface area contributed by atoms with Gasteiger partial charge in [-0.05, 0) is 18.1 Å². The first-order chi connectivity index (χ1) is 7.65. The van der Waals surface area contributed by atoms with Crippen LogP contribution in [0.3, 0.4) is 0 Å². The Hall–Kier alpha value is -1.88. The Morgan fingerprint density at radius 2 is 2.31 bits per heavy atom. The van der Waals surface area contributed by atoms with Gasteiger partial charge in [0.15, 0.2) is 11.5 Å². The second kappa shape index (κ2) is 5.87. The van der Waals surface area contributed by atoms with Crippen molar-refractivity contribution in [3.63, 3.8) is 0 Å². The van der Waals surface area contributed by atoms with Crippen LogP contribution < -0.4 is 21.3 Å². The van der Waals surface area contributed by atoms with Gasteiger partial charge in [-0.3, -0.25) is 0 Å². The van der Waals surface area contributed by atoms with Crippen molar-refractivity contribution in [2.24, 2.45) is 5.73 Å². The number of nitrogens with two attached hydrogens (primary N) is 1. The molecule has 0 saturated carbocycles. The van der Waals surface area contributed by atoms with E-state index in [2.05, 4.69) is 17.4 Å². The summed E-state index contributed by atoms with van der Waals surface area (Å²) >= 11 is 0. The number of aromatic hydroxyl groups is 1. The molecule has 0 aliphatic carbocycles. The number of hydrogen-bond donors (Lipinski definition) is 4. The lowest BCUT2D eigenvalue weighted by Crippen LogP contribution is -2.35. The van der Waals surface area contributed by atoms with Crippen LogP contribution in [0.1, 0.15) is 5.56 Å². The molecule has 0 radical (unpaired) electrons. The largest absolute Gasteiger partial charge is 0.504 e. The van der Waals surface area contributed by atoms with Crippen molar-refractivity contribution >= 4 is 0 Å². The van der Waals surface area contributed by atoms with Crippen LogP contribution in [-0.4, -0.2) is 18.8 Å². The standard InChI is InChI=1S/C11H17N3O2/c1-8(12)14-13-7-6-9-4-3-5-10(16-2)11(9)15/h3-5,13-15H,1,6-7,12H2,2H3. The van der Waals surface area contributed by atoms with Crippen molar-refractivity contribution in [3.8, 4) is 11.5 Å². The van der Waals surface area contributed by atoms with Crippen molar-refractivity contribution in [1.29, 1.82) is 0 Å². The molecule has 0 atom stereocenters. The van der Waals surface area contributed by atoms with Gasteiger partial charge < -0.3 is 21.0 Å². The number of rotatable bonds is 6. The first kappa shape index (κ1) is 12.2. The Labute approximate surface area is 94.9 Å². The summed E-state index contributed by atoms with van der Waals surface area (Å²) in [6, 6.07) is 5.40. The van der Waals surface area contributed by atoms with Gasteiger partial charge in [-0.1, -0.05) is 18.7 Å². The van der Waals surface area contributed by atoms with Gasteiger partial charge in [0, 0.05) is 6.54 Å². The van der Waals surface area contributed by atoms with E-state index in [1.807, 2.05) is 12.1 Å². The number of ether oxygens (including phenoxy) is 1. The maximum Gasteiger partial charge on any atom is 0.160 e. The lowest BCUT2D eigenvalue weighted by Gasteiger charge is -2.10. The summed E-state index contributed by atoms with van der Waals surface area (Å²) in [6.07, 6.45) is 0.656. The number of phenols is 1. The van der Waals surface area contributed by atoms with E-state index in [4.69, 9.17) is 10.5 Å². The van der Waals surface area contributed by atoms with Crippen molar-refractivity contribution in [1.82, 2.24) is 10.9 Å². The summed E-state index contributed by atoms with van der Waals surface area (Å²) in [5.74, 6) is 1.02. The molecular formula is C11H17N3O2. The van der Waals surface area contributed by atoms with Gasteiger partial charge in [0.2, 0.25) is 0 Å². The fourth-order valence-corrected chi connectivity index (χ4v) is 1.31. The third-order valence-corrected chi connectivity index (χ3v) is 2.07. The van der Waals surface area contributed by atoms with Gasteiger partial charge in [-0.15, -0.1) is 0 Å². The highest BCUT2D eigenvalue weighted by Crippen LogP contribution is 2.29. The Kier molecular flexibility index (Phi) is 4.47. The molecule has 0 fully saturated rings. The fourth-order valence-electron chi connectivity index (χ4n) is 1.31. The molecular weight excluding hydrogens is 206 g/mol. The average molecular weight is 223 g/mol. The van der Waals surface area contributed by atoms with Crippen LogP contribution in [0.15, 0.2) is 30.6 Å². The molecule has 0 aromatic heterocycles. The van der Waals surface area contributed by atoms with E-state index in [0.717, 1.165) is 5.56 Å². The Bertz CT molecular complexity index is 366. The van der Waals surface area contributed by atoms with E-state index in [-0.39, 0.29) is 5.75 Å². The highest BCUT2D eigenvalue weighted by atomic mass is 16.5. The molecule has 0 aliphatic rings. The highest BCUT2D eigenvalue weighted by molar-refractivity contribution is 5.45. The van der Waals surface area contributed by atoms with E-state index in [9.17, 15) is 5.11 Å². The zero-order valence-electron chi connectivity index (χ0n) is 9.29. The van der Waals surface area contributed by atoms with Gasteiger partial charge in [0.1, 0.15) is 5.82 Å². The van der Waals surface area contributed by atoms with E-state index in [0.29, 0.717) is 24.5 Å². The monoisotopic (exact) mass is 223 g/mol. The first-order valence-corrected chi connectivity index (χ1v) is 4.93. The van der Waals surface area contributed by atoms with E-state index >= 15 is 0 Å². The summed E-state index contributed by atoms with van der Waals surface area (Å²) in [4.78, 5) is 0. The van der Waals surface area contributed by atoms with Crippen molar-refractivity contribution in [2.45, 2.75) is 6.42 Å². The number of para-hydroxylation sites is 1. The highest BCUT2D eigenvalue weighted by Gasteiger charge is 2.06. The normalized spacial score (nSPS) is 9.81. The lowest BCUT2D eigenvalue weighted by molar-refractivity contribution is 0.370. The Morgan fingerprint density at radius 1 is 1.56 bits per heavy atom. The van der Waals surface area contributed by atoms with Gasteiger partial charge in [-0.25, -0.2) is 5.43 Å². The quantitative estimate of drug-likeness (QED) is 0.416. The molecule has 0 heterocycles. The van der Waals surface area contributed by atoms with Gasteiger partial charge in [0.05, 0.1) is 7.11 Å². The summed E-state index contributed by atoms with van der Waals surface area (Å²) in [5, 5.41) is 9.78. The second-order valence-corrected chi connectivity index (χ2v) is 3.30. The molecule has 5 N–H and O–H groups in total. The third-order valence-electron chi connectivity index (χ3n) is 2.07. The molecule has 16 heavy (non-hydrogen) atoms. The summed E-state index contributed by atoms with van der Waals surface area (Å²) in [6.45, 7) is 4.10. The minimum Gasteiger partial charge on any atom is -0.504 e. The van der Waals surface area contributed by atoms with Gasteiger partial charge >= 0.3 is 0 Å². The van der Waals surface area contributed by atoms with Gasteiger partial charge in [0.25, 0.3) is 0 Å². The Balaban J connectivity index is 2.50. The van der Waals surface area contributed by atoms with Crippen LogP contribution in [0.5, 0.6) is 11.5 Å². The van der Waals surface area contributed by atoms with Crippen molar-refractivity contribution in [2.75, 3.05) is 13.7 Å². The molecule has 1 aromatic carbocycles. The van der Waals surface area contributed by atoms with Crippen LogP contribution in [-0.2, 0) is 6.42 Å². The minimum atomic E-state index is 0.179. The van der Waals surface area contributed by atoms with Gasteiger partial charge in [-0.2, -0.15) is 0 Å². The van der Waals surface area contributed by atoms with Crippen molar-refractivity contribution < 1.29 is 9.84 Å². The number of nitrogens with one attached hydrogen (secondary N) is 2. The van der Waals surface area contributed by atoms with Crippen LogP contribution in [0.2, 0.25) is 0 Å². The maximum absolute atomic E-state index is 9.78. The predicted molar refractivity (Wildman–Crippen MR) is 62.8 cm³/mol. The SMILES string of the molecule is C=C(N)NNCCc1cccc(OC)c1O. The van der Waals surface area contributed by atoms with Crippen LogP contribution in [0, 0.1) is 0 Å². The number of hydrogen-bond acceptors (Lipinski definition) is 5. The molecule has 1 rings (SSSR count). The fraction of sp³-hybridized carbons (Fsp3) is 0.273. The number of benzene rings is 1. The number of phenolic OH excluding ortho intramolecular Hbond substituents is 1. The lowest BCUT2D eigenvalue weighted by atomic mass is 10.1. The zero-order valence-corrected chi connectivity index (χ0v) is 9.29. The van der Waals surface area contributed by atoms with Crippen molar-refractivity contribution in [3.05, 3.63) is 36.2 Å². The molecule has 5 heteroatoms. The molecule has 0 unspecified atom stereocenters. The van der Waals surface area contributed by atoms with Crippen LogP contribution in [0.25, 0.3) is 0 Å². The zero-order chi connectivity index (χ0) is 12.0. The molecule has 5 nitrogen and oxygen atoms in total. The molecule has 0 saturated heterocycles. The molecule has 0 amide bonds. The smallest absolute Gasteiger partial charge is 0.160 e. The van der Waals surface area contributed by atoms with E-state index in [1.54, 1.807) is 6.07 Å². The van der Waals surface area contributed by atoms with E-state index in [1.165, 1.54) is 7.11 Å². The summed E-state index contributed by atoms with van der Waals surface area (Å²) < 4.78 is 5.01. The van der Waals surface area contributed by atoms with E-state index < -0.39 is 0 Å². The summed E-state index contributed by atoms with van der Waals surface area (Å²) in [5.41, 5.74) is 11.7. The topological polar surface area (TPSA) is 79.5 Å². The maximum atomic E-state index is 9.78. The second-order valence-electron chi connectivity index (χ2n) is 3.30. The van der Waals surface area contributed by atoms with Crippen LogP contribution >= 0.6 is 0 Å². The molecule has 0 aliphatic heterocycles. The number of methoxy groups -OCH3 is 1. The Morgan fingerprint density at radius 3 is 2.94 bits per heavy atom.